The fourth-order valence-corrected chi connectivity index (χ4v) is 7.70. The van der Waals surface area contributed by atoms with Gasteiger partial charge in [-0.25, -0.2) is 18.3 Å². The molecule has 2 fully saturated rings. The van der Waals surface area contributed by atoms with Crippen LogP contribution in [0.4, 0.5) is 0 Å². The first kappa shape index (κ1) is 22.2. The molecule has 0 radical (unpaired) electrons. The summed E-state index contributed by atoms with van der Waals surface area (Å²) in [5.74, 6) is 0.293. The Kier molecular flexibility index (Phi) is 6.26. The fourth-order valence-electron chi connectivity index (χ4n) is 5.45. The second-order valence-corrected chi connectivity index (χ2v) is 12.3. The lowest BCUT2D eigenvalue weighted by Gasteiger charge is -2.51. The van der Waals surface area contributed by atoms with Crippen molar-refractivity contribution in [2.45, 2.75) is 51.1 Å². The highest BCUT2D eigenvalue weighted by molar-refractivity contribution is 7.89. The molecule has 0 unspecified atom stereocenters. The number of aryl methyl sites for hydroxylation is 1. The molecular weight excluding hydrogens is 424 g/mol. The van der Waals surface area contributed by atoms with Gasteiger partial charge in [0.15, 0.2) is 0 Å². The Balaban J connectivity index is 1.50. The third kappa shape index (κ3) is 4.73. The Morgan fingerprint density at radius 2 is 2.00 bits per heavy atom. The summed E-state index contributed by atoms with van der Waals surface area (Å²) >= 11 is 0. The van der Waals surface area contributed by atoms with E-state index in [1.807, 2.05) is 0 Å². The van der Waals surface area contributed by atoms with E-state index >= 15 is 0 Å². The zero-order valence-electron chi connectivity index (χ0n) is 17.5. The monoisotopic (exact) mass is 456 g/mol. The number of nitrogens with one attached hydrogen (secondary N) is 1. The van der Waals surface area contributed by atoms with Crippen LogP contribution in [0.15, 0.2) is 18.2 Å². The van der Waals surface area contributed by atoms with Crippen molar-refractivity contribution in [3.63, 3.8) is 0 Å². The van der Waals surface area contributed by atoms with Crippen LogP contribution in [-0.4, -0.2) is 64.0 Å². The number of hydrogen-bond donors (Lipinski definition) is 2. The number of fused-ring (bicyclic) bond motifs is 4. The van der Waals surface area contributed by atoms with E-state index in [0.717, 1.165) is 38.8 Å². The molecular formula is C20H32N4O4S2. The Labute approximate surface area is 180 Å². The maximum Gasteiger partial charge on any atom is 0.274 e. The Bertz CT molecular complexity index is 996. The van der Waals surface area contributed by atoms with Crippen LogP contribution in [0.25, 0.3) is 0 Å². The van der Waals surface area contributed by atoms with Crippen LogP contribution >= 0.6 is 0 Å². The van der Waals surface area contributed by atoms with Gasteiger partial charge in [-0.15, -0.1) is 0 Å². The Morgan fingerprint density at radius 3 is 2.77 bits per heavy atom. The number of rotatable bonds is 6. The normalized spacial score (nSPS) is 27.9. The highest BCUT2D eigenvalue weighted by Gasteiger charge is 2.45. The number of nitrogens with two attached hydrogens (primary N) is 1. The van der Waals surface area contributed by atoms with Crippen molar-refractivity contribution < 1.29 is 16.8 Å². The van der Waals surface area contributed by atoms with E-state index in [1.54, 1.807) is 4.31 Å². The lowest BCUT2D eigenvalue weighted by molar-refractivity contribution is 0.0220. The van der Waals surface area contributed by atoms with Crippen molar-refractivity contribution in [3.8, 4) is 0 Å². The highest BCUT2D eigenvalue weighted by atomic mass is 32.2. The molecule has 0 spiro atoms. The van der Waals surface area contributed by atoms with Gasteiger partial charge >= 0.3 is 0 Å². The van der Waals surface area contributed by atoms with Crippen molar-refractivity contribution >= 4 is 20.2 Å². The average molecular weight is 457 g/mol. The van der Waals surface area contributed by atoms with Crippen LogP contribution in [0.5, 0.6) is 0 Å². The van der Waals surface area contributed by atoms with Crippen molar-refractivity contribution in [2.24, 2.45) is 11.1 Å². The molecule has 1 aromatic rings. The molecule has 0 aromatic heterocycles. The predicted molar refractivity (Wildman–Crippen MR) is 117 cm³/mol. The van der Waals surface area contributed by atoms with Gasteiger partial charge in [0, 0.05) is 38.3 Å². The van der Waals surface area contributed by atoms with Crippen LogP contribution in [0.1, 0.15) is 48.4 Å². The summed E-state index contributed by atoms with van der Waals surface area (Å²) < 4.78 is 52.2. The smallest absolute Gasteiger partial charge is 0.274 e. The molecule has 0 saturated carbocycles. The molecule has 4 rings (SSSR count). The highest BCUT2D eigenvalue weighted by Crippen LogP contribution is 2.43. The van der Waals surface area contributed by atoms with Crippen LogP contribution < -0.4 is 9.86 Å². The summed E-state index contributed by atoms with van der Waals surface area (Å²) in [6.07, 6.45) is 4.04. The van der Waals surface area contributed by atoms with Crippen molar-refractivity contribution in [2.75, 3.05) is 31.9 Å². The first-order valence-corrected chi connectivity index (χ1v) is 13.9. The number of piperidine rings is 2. The molecule has 3 N–H and O–H groups in total. The first-order chi connectivity index (χ1) is 14.1. The summed E-state index contributed by atoms with van der Waals surface area (Å²) in [7, 11) is -7.25. The van der Waals surface area contributed by atoms with Gasteiger partial charge in [-0.2, -0.15) is 12.7 Å². The van der Waals surface area contributed by atoms with Gasteiger partial charge in [0.25, 0.3) is 10.2 Å². The van der Waals surface area contributed by atoms with E-state index < -0.39 is 20.2 Å². The maximum atomic E-state index is 13.1. The van der Waals surface area contributed by atoms with E-state index in [-0.39, 0.29) is 30.8 Å². The number of benzene rings is 1. The van der Waals surface area contributed by atoms with Crippen LogP contribution in [0.2, 0.25) is 0 Å². The zero-order valence-corrected chi connectivity index (χ0v) is 19.1. The standard InChI is InChI=1S/C20H32N4O4S2/c1-15-5-6-16-7-10-23-14-17-4-2-9-24(19(17)13-20(23)18(16)12-15)29(25,26)11-3-8-22-30(21,27)28/h5-6,12,17,19-20,22H,2-4,7-11,13-14H2,1H3,(H2,21,27,28)/t17-,19+,20+/m1/s1. The minimum atomic E-state index is -3.79. The largest absolute Gasteiger partial charge is 0.296 e. The van der Waals surface area contributed by atoms with E-state index in [4.69, 9.17) is 5.14 Å². The van der Waals surface area contributed by atoms with Gasteiger partial charge in [0.05, 0.1) is 5.75 Å². The molecule has 3 atom stereocenters. The minimum Gasteiger partial charge on any atom is -0.296 e. The molecule has 0 amide bonds. The van der Waals surface area contributed by atoms with Crippen molar-refractivity contribution in [1.29, 1.82) is 0 Å². The molecule has 10 heteroatoms. The summed E-state index contributed by atoms with van der Waals surface area (Å²) in [6, 6.07) is 6.94. The lowest BCUT2D eigenvalue weighted by Crippen LogP contribution is -2.57. The van der Waals surface area contributed by atoms with Gasteiger partial charge in [-0.1, -0.05) is 23.8 Å². The third-order valence-electron chi connectivity index (χ3n) is 6.81. The van der Waals surface area contributed by atoms with E-state index in [0.29, 0.717) is 12.5 Å². The molecule has 3 aliphatic rings. The van der Waals surface area contributed by atoms with E-state index in [1.165, 1.54) is 16.7 Å². The average Bonchev–Trinajstić information content (AvgIpc) is 2.68. The summed E-state index contributed by atoms with van der Waals surface area (Å²) in [6.45, 7) is 4.68. The second kappa shape index (κ2) is 8.48. The summed E-state index contributed by atoms with van der Waals surface area (Å²) in [5, 5.41) is 4.92. The van der Waals surface area contributed by atoms with E-state index in [9.17, 15) is 16.8 Å². The van der Waals surface area contributed by atoms with Crippen LogP contribution in [-0.2, 0) is 26.7 Å². The Hall–Kier alpha value is -1.04. The minimum absolute atomic E-state index is 0.0164. The van der Waals surface area contributed by atoms with Crippen LogP contribution in [0, 0.1) is 12.8 Å². The molecule has 8 nitrogen and oxygen atoms in total. The summed E-state index contributed by atoms with van der Waals surface area (Å²) in [4.78, 5) is 2.55. The van der Waals surface area contributed by atoms with Crippen LogP contribution in [0.3, 0.4) is 0 Å². The van der Waals surface area contributed by atoms with Gasteiger partial charge in [-0.3, -0.25) is 4.90 Å². The molecule has 0 bridgehead atoms. The van der Waals surface area contributed by atoms with Gasteiger partial charge in [0.1, 0.15) is 0 Å². The molecule has 3 heterocycles. The zero-order chi connectivity index (χ0) is 21.5. The number of sulfonamides is 1. The number of hydrogen-bond acceptors (Lipinski definition) is 5. The molecule has 1 aromatic carbocycles. The quantitative estimate of drug-likeness (QED) is 0.618. The van der Waals surface area contributed by atoms with Crippen molar-refractivity contribution in [1.82, 2.24) is 13.9 Å². The van der Waals surface area contributed by atoms with Gasteiger partial charge in [0.2, 0.25) is 10.0 Å². The van der Waals surface area contributed by atoms with E-state index in [2.05, 4.69) is 34.7 Å². The van der Waals surface area contributed by atoms with Gasteiger partial charge in [-0.05, 0) is 56.1 Å². The fraction of sp³-hybridized carbons (Fsp3) is 0.700. The molecule has 2 saturated heterocycles. The molecule has 0 aliphatic carbocycles. The second-order valence-electron chi connectivity index (χ2n) is 8.89. The molecule has 30 heavy (non-hydrogen) atoms. The lowest BCUT2D eigenvalue weighted by atomic mass is 9.77. The van der Waals surface area contributed by atoms with Gasteiger partial charge < -0.3 is 0 Å². The maximum absolute atomic E-state index is 13.1. The third-order valence-corrected chi connectivity index (χ3v) is 9.39. The number of nitrogens with zero attached hydrogens (tertiary/aromatic N) is 2. The topological polar surface area (TPSA) is 113 Å². The molecule has 168 valence electrons. The van der Waals surface area contributed by atoms with Crippen molar-refractivity contribution in [3.05, 3.63) is 34.9 Å². The first-order valence-electron chi connectivity index (χ1n) is 10.7. The Morgan fingerprint density at radius 1 is 1.20 bits per heavy atom. The SMILES string of the molecule is Cc1ccc2c(c1)[C@@H]1C[C@H]3[C@H](CCCN3S(=O)(=O)CCCNS(N)(=O)=O)CN1CC2. The summed E-state index contributed by atoms with van der Waals surface area (Å²) in [5.41, 5.74) is 3.99. The predicted octanol–water partition coefficient (Wildman–Crippen LogP) is 0.892. The molecule has 3 aliphatic heterocycles.